The van der Waals surface area contributed by atoms with Gasteiger partial charge in [-0.3, -0.25) is 4.79 Å². The second-order valence-corrected chi connectivity index (χ2v) is 4.49. The Morgan fingerprint density at radius 1 is 1.38 bits per heavy atom. The number of carboxylic acid groups (broad SMARTS) is 1. The molecule has 0 aromatic heterocycles. The maximum atomic E-state index is 12.1. The summed E-state index contributed by atoms with van der Waals surface area (Å²) in [6, 6.07) is -0.632. The number of nitrogens with zero attached hydrogens (tertiary/aromatic N) is 1. The molecule has 0 aromatic rings. The Kier molecular flexibility index (Phi) is 3.14. The van der Waals surface area contributed by atoms with Crippen LogP contribution in [0.3, 0.4) is 0 Å². The van der Waals surface area contributed by atoms with Gasteiger partial charge in [0.15, 0.2) is 0 Å². The van der Waals surface area contributed by atoms with Gasteiger partial charge in [0, 0.05) is 12.6 Å². The topological polar surface area (TPSA) is 66.8 Å². The molecule has 1 N–H and O–H groups in total. The molecule has 5 nitrogen and oxygen atoms in total. The fourth-order valence-electron chi connectivity index (χ4n) is 2.10. The zero-order valence-electron chi connectivity index (χ0n) is 9.39. The van der Waals surface area contributed by atoms with Crippen LogP contribution in [0.25, 0.3) is 0 Å². The van der Waals surface area contributed by atoms with E-state index in [2.05, 4.69) is 0 Å². The molecule has 0 radical (unpaired) electrons. The number of rotatable bonds is 4. The Hall–Kier alpha value is -1.10. The highest BCUT2D eigenvalue weighted by molar-refractivity contribution is 5.87. The van der Waals surface area contributed by atoms with Crippen molar-refractivity contribution in [1.29, 1.82) is 0 Å². The largest absolute Gasteiger partial charge is 0.480 e. The van der Waals surface area contributed by atoms with Crippen LogP contribution in [0.2, 0.25) is 0 Å². The standard InChI is InChI=1S/C11H17NO4/c1-7(11(14)15)12(8-4-5-8)10(13)9-3-2-6-16-9/h7-9H,2-6H2,1H3,(H,14,15). The smallest absolute Gasteiger partial charge is 0.326 e. The highest BCUT2D eigenvalue weighted by atomic mass is 16.5. The van der Waals surface area contributed by atoms with E-state index in [0.717, 1.165) is 19.3 Å². The summed E-state index contributed by atoms with van der Waals surface area (Å²) in [6.45, 7) is 2.17. The van der Waals surface area contributed by atoms with Crippen molar-refractivity contribution < 1.29 is 19.4 Å². The molecule has 0 spiro atoms. The minimum absolute atomic E-state index is 0.114. The molecule has 5 heteroatoms. The van der Waals surface area contributed by atoms with Gasteiger partial charge in [-0.1, -0.05) is 0 Å². The summed E-state index contributed by atoms with van der Waals surface area (Å²) in [6.07, 6.45) is 3.01. The van der Waals surface area contributed by atoms with Crippen LogP contribution in [-0.2, 0) is 14.3 Å². The van der Waals surface area contributed by atoms with E-state index in [1.807, 2.05) is 0 Å². The van der Waals surface area contributed by atoms with Crippen LogP contribution in [0, 0.1) is 0 Å². The third kappa shape index (κ3) is 2.19. The lowest BCUT2D eigenvalue weighted by Gasteiger charge is -2.28. The molecule has 2 fully saturated rings. The normalized spacial score (nSPS) is 26.4. The third-order valence-corrected chi connectivity index (χ3v) is 3.17. The van der Waals surface area contributed by atoms with E-state index in [-0.39, 0.29) is 11.9 Å². The van der Waals surface area contributed by atoms with E-state index in [4.69, 9.17) is 9.84 Å². The first kappa shape index (κ1) is 11.4. The minimum Gasteiger partial charge on any atom is -0.480 e. The number of hydrogen-bond donors (Lipinski definition) is 1. The predicted molar refractivity (Wildman–Crippen MR) is 55.9 cm³/mol. The van der Waals surface area contributed by atoms with Crippen molar-refractivity contribution >= 4 is 11.9 Å². The second-order valence-electron chi connectivity index (χ2n) is 4.49. The molecule has 90 valence electrons. The molecule has 1 amide bonds. The van der Waals surface area contributed by atoms with E-state index < -0.39 is 18.1 Å². The number of amides is 1. The molecule has 1 saturated heterocycles. The molecular formula is C11H17NO4. The van der Waals surface area contributed by atoms with Gasteiger partial charge in [-0.25, -0.2) is 4.79 Å². The Labute approximate surface area is 94.4 Å². The quantitative estimate of drug-likeness (QED) is 0.765. The summed E-state index contributed by atoms with van der Waals surface area (Å²) in [5.74, 6) is -1.09. The van der Waals surface area contributed by atoms with Crippen LogP contribution in [-0.4, -0.2) is 46.7 Å². The lowest BCUT2D eigenvalue weighted by Crippen LogP contribution is -2.48. The van der Waals surface area contributed by atoms with E-state index >= 15 is 0 Å². The fraction of sp³-hybridized carbons (Fsp3) is 0.818. The van der Waals surface area contributed by atoms with Crippen molar-refractivity contribution in [2.24, 2.45) is 0 Å². The van der Waals surface area contributed by atoms with Gasteiger partial charge in [-0.15, -0.1) is 0 Å². The number of carbonyl (C=O) groups is 2. The lowest BCUT2D eigenvalue weighted by atomic mass is 10.2. The molecule has 2 rings (SSSR count). The Balaban J connectivity index is 2.06. The molecule has 0 bridgehead atoms. The average molecular weight is 227 g/mol. The van der Waals surface area contributed by atoms with Gasteiger partial charge in [-0.2, -0.15) is 0 Å². The number of aliphatic carboxylic acids is 1. The van der Waals surface area contributed by atoms with Crippen LogP contribution < -0.4 is 0 Å². The summed E-state index contributed by atoms with van der Waals surface area (Å²) < 4.78 is 5.32. The number of ether oxygens (including phenoxy) is 1. The molecule has 1 aliphatic heterocycles. The van der Waals surface area contributed by atoms with Crippen LogP contribution in [0.5, 0.6) is 0 Å². The zero-order chi connectivity index (χ0) is 11.7. The molecule has 0 aromatic carbocycles. The van der Waals surface area contributed by atoms with Crippen molar-refractivity contribution in [2.45, 2.75) is 50.8 Å². The SMILES string of the molecule is CC(C(=O)O)N(C(=O)C1CCCO1)C1CC1. The van der Waals surface area contributed by atoms with Gasteiger partial charge in [0.25, 0.3) is 5.91 Å². The summed E-state index contributed by atoms with van der Waals surface area (Å²) in [5.41, 5.74) is 0. The molecule has 16 heavy (non-hydrogen) atoms. The van der Waals surface area contributed by atoms with Crippen LogP contribution in [0.15, 0.2) is 0 Å². The van der Waals surface area contributed by atoms with E-state index in [9.17, 15) is 9.59 Å². The molecule has 1 saturated carbocycles. The Bertz CT molecular complexity index is 294. The van der Waals surface area contributed by atoms with Crippen LogP contribution in [0.1, 0.15) is 32.6 Å². The van der Waals surface area contributed by atoms with Crippen molar-refractivity contribution in [3.63, 3.8) is 0 Å². The van der Waals surface area contributed by atoms with Crippen molar-refractivity contribution in [3.8, 4) is 0 Å². The number of carboxylic acids is 1. The first-order valence-corrected chi connectivity index (χ1v) is 5.78. The van der Waals surface area contributed by atoms with Gasteiger partial charge < -0.3 is 14.7 Å². The maximum absolute atomic E-state index is 12.1. The van der Waals surface area contributed by atoms with Gasteiger partial charge >= 0.3 is 5.97 Å². The van der Waals surface area contributed by atoms with Gasteiger partial charge in [0.2, 0.25) is 0 Å². The summed E-state index contributed by atoms with van der Waals surface area (Å²) in [7, 11) is 0. The minimum atomic E-state index is -0.946. The summed E-state index contributed by atoms with van der Waals surface area (Å²) in [5, 5.41) is 8.99. The third-order valence-electron chi connectivity index (χ3n) is 3.17. The van der Waals surface area contributed by atoms with Crippen LogP contribution in [0.4, 0.5) is 0 Å². The van der Waals surface area contributed by atoms with Crippen molar-refractivity contribution in [3.05, 3.63) is 0 Å². The van der Waals surface area contributed by atoms with Gasteiger partial charge in [0.1, 0.15) is 12.1 Å². The first-order chi connectivity index (χ1) is 7.61. The molecule has 2 aliphatic rings. The first-order valence-electron chi connectivity index (χ1n) is 5.78. The summed E-state index contributed by atoms with van der Waals surface area (Å²) in [4.78, 5) is 24.6. The number of hydrogen-bond acceptors (Lipinski definition) is 3. The maximum Gasteiger partial charge on any atom is 0.326 e. The molecular weight excluding hydrogens is 210 g/mol. The molecule has 2 atom stereocenters. The lowest BCUT2D eigenvalue weighted by molar-refractivity contribution is -0.154. The number of carbonyl (C=O) groups excluding carboxylic acids is 1. The van der Waals surface area contributed by atoms with Crippen molar-refractivity contribution in [1.82, 2.24) is 4.90 Å². The predicted octanol–water partition coefficient (Wildman–Crippen LogP) is 0.629. The highest BCUT2D eigenvalue weighted by Crippen LogP contribution is 2.30. The summed E-state index contributed by atoms with van der Waals surface area (Å²) >= 11 is 0. The molecule has 1 aliphatic carbocycles. The van der Waals surface area contributed by atoms with E-state index in [0.29, 0.717) is 13.0 Å². The van der Waals surface area contributed by atoms with Gasteiger partial charge in [0.05, 0.1) is 0 Å². The monoisotopic (exact) mass is 227 g/mol. The van der Waals surface area contributed by atoms with Gasteiger partial charge in [-0.05, 0) is 32.6 Å². The molecule has 2 unspecified atom stereocenters. The average Bonchev–Trinajstić information content (AvgIpc) is 2.93. The highest BCUT2D eigenvalue weighted by Gasteiger charge is 2.41. The van der Waals surface area contributed by atoms with Crippen molar-refractivity contribution in [2.75, 3.05) is 6.61 Å². The molecule has 1 heterocycles. The van der Waals surface area contributed by atoms with Crippen LogP contribution >= 0.6 is 0 Å². The fourth-order valence-corrected chi connectivity index (χ4v) is 2.10. The Morgan fingerprint density at radius 3 is 2.50 bits per heavy atom. The zero-order valence-corrected chi connectivity index (χ0v) is 9.39. The second kappa shape index (κ2) is 4.41. The Morgan fingerprint density at radius 2 is 2.06 bits per heavy atom. The van der Waals surface area contributed by atoms with E-state index in [1.54, 1.807) is 6.92 Å². The van der Waals surface area contributed by atoms with E-state index in [1.165, 1.54) is 4.90 Å².